The van der Waals surface area contributed by atoms with Crippen LogP contribution in [0, 0.1) is 23.7 Å². The summed E-state index contributed by atoms with van der Waals surface area (Å²) in [5.41, 5.74) is 3.58. The summed E-state index contributed by atoms with van der Waals surface area (Å²) in [6.07, 6.45) is 7.57. The molecule has 0 radical (unpaired) electrons. The Morgan fingerprint density at radius 1 is 0.895 bits per heavy atom. The highest BCUT2D eigenvalue weighted by atomic mass is 16.5. The van der Waals surface area contributed by atoms with E-state index in [1.807, 2.05) is 24.3 Å². The van der Waals surface area contributed by atoms with Gasteiger partial charge in [-0.25, -0.2) is 0 Å². The van der Waals surface area contributed by atoms with E-state index >= 15 is 0 Å². The Labute approximate surface area is 114 Å². The zero-order valence-electron chi connectivity index (χ0n) is 11.2. The van der Waals surface area contributed by atoms with Gasteiger partial charge in [-0.3, -0.25) is 5.84 Å². The van der Waals surface area contributed by atoms with E-state index < -0.39 is 0 Å². The van der Waals surface area contributed by atoms with Crippen LogP contribution in [0.3, 0.4) is 0 Å². The third-order valence-corrected chi connectivity index (χ3v) is 5.43. The number of nitrogen functional groups attached to an aromatic ring is 1. The van der Waals surface area contributed by atoms with Crippen LogP contribution in [0.2, 0.25) is 0 Å². The second-order valence-corrected chi connectivity index (χ2v) is 6.68. The number of rotatable bonds is 3. The van der Waals surface area contributed by atoms with E-state index in [0.717, 1.165) is 35.1 Å². The number of hydrogen-bond donors (Lipinski definition) is 2. The van der Waals surface area contributed by atoms with Gasteiger partial charge in [0.1, 0.15) is 11.9 Å². The maximum absolute atomic E-state index is 6.32. The quantitative estimate of drug-likeness (QED) is 0.646. The van der Waals surface area contributed by atoms with Gasteiger partial charge in [0.25, 0.3) is 0 Å². The fraction of sp³-hybridized carbons (Fsp3) is 0.625. The van der Waals surface area contributed by atoms with Crippen molar-refractivity contribution in [3.05, 3.63) is 24.3 Å². The van der Waals surface area contributed by atoms with Crippen LogP contribution in [0.15, 0.2) is 24.3 Å². The second-order valence-electron chi connectivity index (χ2n) is 6.68. The van der Waals surface area contributed by atoms with Gasteiger partial charge < -0.3 is 10.2 Å². The third-order valence-electron chi connectivity index (χ3n) is 5.43. The highest BCUT2D eigenvalue weighted by molar-refractivity contribution is 5.45. The van der Waals surface area contributed by atoms with Crippen molar-refractivity contribution in [2.75, 3.05) is 5.43 Å². The monoisotopic (exact) mass is 258 g/mol. The summed E-state index contributed by atoms with van der Waals surface area (Å²) in [4.78, 5) is 0. The van der Waals surface area contributed by atoms with E-state index in [1.54, 1.807) is 0 Å². The van der Waals surface area contributed by atoms with Crippen LogP contribution in [-0.2, 0) is 0 Å². The van der Waals surface area contributed by atoms with Crippen LogP contribution in [0.25, 0.3) is 0 Å². The maximum Gasteiger partial charge on any atom is 0.119 e. The van der Waals surface area contributed by atoms with E-state index in [9.17, 15) is 0 Å². The molecule has 1 aromatic carbocycles. The Hall–Kier alpha value is -1.22. The van der Waals surface area contributed by atoms with Crippen molar-refractivity contribution in [2.24, 2.45) is 29.5 Å². The minimum absolute atomic E-state index is 0.462. The molecule has 102 valence electrons. The number of anilines is 1. The van der Waals surface area contributed by atoms with Crippen LogP contribution in [0.1, 0.15) is 32.1 Å². The molecular weight excluding hydrogens is 236 g/mol. The van der Waals surface area contributed by atoms with Crippen molar-refractivity contribution in [3.63, 3.8) is 0 Å². The molecule has 5 rings (SSSR count). The predicted octanol–water partition coefficient (Wildman–Crippen LogP) is 3.18. The molecule has 1 aromatic rings. The molecule has 0 heterocycles. The number of benzene rings is 1. The van der Waals surface area contributed by atoms with Crippen LogP contribution in [0.5, 0.6) is 5.75 Å². The minimum atomic E-state index is 0.462. The maximum atomic E-state index is 6.32. The molecule has 3 nitrogen and oxygen atoms in total. The third kappa shape index (κ3) is 2.00. The first-order valence-corrected chi connectivity index (χ1v) is 7.55. The van der Waals surface area contributed by atoms with Crippen molar-refractivity contribution in [1.29, 1.82) is 0 Å². The number of nitrogens with two attached hydrogens (primary N) is 1. The van der Waals surface area contributed by atoms with Crippen molar-refractivity contribution in [3.8, 4) is 5.75 Å². The fourth-order valence-corrected chi connectivity index (χ4v) is 4.85. The van der Waals surface area contributed by atoms with E-state index in [1.165, 1.54) is 32.1 Å². The van der Waals surface area contributed by atoms with Gasteiger partial charge in [-0.05, 0) is 80.0 Å². The lowest BCUT2D eigenvalue weighted by molar-refractivity contribution is -0.0789. The first-order chi connectivity index (χ1) is 9.31. The first-order valence-electron chi connectivity index (χ1n) is 7.55. The van der Waals surface area contributed by atoms with Crippen molar-refractivity contribution < 1.29 is 4.74 Å². The molecular formula is C16H22N2O. The summed E-state index contributed by atoms with van der Waals surface area (Å²) in [6.45, 7) is 0. The van der Waals surface area contributed by atoms with Crippen LogP contribution in [-0.4, -0.2) is 6.10 Å². The average Bonchev–Trinajstić information content (AvgIpc) is 2.43. The Bertz CT molecular complexity index is 428. The SMILES string of the molecule is NNc1ccc(OC2C3CC4CC(C3)CC2C4)cc1. The van der Waals surface area contributed by atoms with Gasteiger partial charge in [0.15, 0.2) is 0 Å². The van der Waals surface area contributed by atoms with E-state index in [0.29, 0.717) is 6.10 Å². The van der Waals surface area contributed by atoms with Gasteiger partial charge in [-0.15, -0.1) is 0 Å². The number of hydrogen-bond acceptors (Lipinski definition) is 3. The van der Waals surface area contributed by atoms with Crippen LogP contribution in [0.4, 0.5) is 5.69 Å². The van der Waals surface area contributed by atoms with Gasteiger partial charge in [0, 0.05) is 5.69 Å². The molecule has 0 saturated heterocycles. The van der Waals surface area contributed by atoms with Crippen molar-refractivity contribution >= 4 is 5.69 Å². The predicted molar refractivity (Wildman–Crippen MR) is 75.7 cm³/mol. The van der Waals surface area contributed by atoms with Gasteiger partial charge in [0.05, 0.1) is 0 Å². The average molecular weight is 258 g/mol. The standard InChI is InChI=1S/C16H22N2O/c17-18-14-1-3-15(4-2-14)19-16-12-6-10-5-11(8-12)9-13(16)7-10/h1-4,10-13,16,18H,5-9,17H2. The normalized spacial score (nSPS) is 39.3. The summed E-state index contributed by atoms with van der Waals surface area (Å²) >= 11 is 0. The van der Waals surface area contributed by atoms with Crippen LogP contribution < -0.4 is 16.0 Å². The Morgan fingerprint density at radius 3 is 2.00 bits per heavy atom. The summed E-state index contributed by atoms with van der Waals surface area (Å²) < 4.78 is 6.32. The van der Waals surface area contributed by atoms with E-state index in [4.69, 9.17) is 10.6 Å². The number of ether oxygens (including phenoxy) is 1. The lowest BCUT2D eigenvalue weighted by Crippen LogP contribution is -2.50. The number of hydrazine groups is 1. The minimum Gasteiger partial charge on any atom is -0.490 e. The summed E-state index contributed by atoms with van der Waals surface area (Å²) in [7, 11) is 0. The molecule has 0 atom stereocenters. The summed E-state index contributed by atoms with van der Waals surface area (Å²) in [5, 5.41) is 0. The molecule has 0 aliphatic heterocycles. The summed E-state index contributed by atoms with van der Waals surface area (Å²) in [5.74, 6) is 10.0. The molecule has 0 unspecified atom stereocenters. The van der Waals surface area contributed by atoms with E-state index in [2.05, 4.69) is 5.43 Å². The molecule has 4 bridgehead atoms. The van der Waals surface area contributed by atoms with E-state index in [-0.39, 0.29) is 0 Å². The number of nitrogens with one attached hydrogen (secondary N) is 1. The topological polar surface area (TPSA) is 47.3 Å². The lowest BCUT2D eigenvalue weighted by atomic mass is 9.55. The van der Waals surface area contributed by atoms with Gasteiger partial charge >= 0.3 is 0 Å². The first kappa shape index (κ1) is 11.6. The Morgan fingerprint density at radius 2 is 1.47 bits per heavy atom. The highest BCUT2D eigenvalue weighted by Gasteiger charge is 2.49. The van der Waals surface area contributed by atoms with Gasteiger partial charge in [-0.1, -0.05) is 0 Å². The zero-order chi connectivity index (χ0) is 12.8. The van der Waals surface area contributed by atoms with Crippen LogP contribution >= 0.6 is 0 Å². The van der Waals surface area contributed by atoms with Crippen molar-refractivity contribution in [2.45, 2.75) is 38.2 Å². The Kier molecular flexibility index (Phi) is 2.69. The largest absolute Gasteiger partial charge is 0.490 e. The van der Waals surface area contributed by atoms with Gasteiger partial charge in [-0.2, -0.15) is 0 Å². The fourth-order valence-electron chi connectivity index (χ4n) is 4.85. The molecule has 0 amide bonds. The smallest absolute Gasteiger partial charge is 0.119 e. The highest BCUT2D eigenvalue weighted by Crippen LogP contribution is 2.54. The second kappa shape index (κ2) is 4.41. The Balaban J connectivity index is 1.50. The molecule has 19 heavy (non-hydrogen) atoms. The molecule has 4 fully saturated rings. The van der Waals surface area contributed by atoms with Crippen molar-refractivity contribution in [1.82, 2.24) is 0 Å². The lowest BCUT2D eigenvalue weighted by Gasteiger charge is -2.53. The summed E-state index contributed by atoms with van der Waals surface area (Å²) in [6, 6.07) is 8.01. The van der Waals surface area contributed by atoms with Gasteiger partial charge in [0.2, 0.25) is 0 Å². The molecule has 4 aliphatic rings. The molecule has 3 N–H and O–H groups in total. The molecule has 0 spiro atoms. The molecule has 4 saturated carbocycles. The molecule has 0 aromatic heterocycles. The zero-order valence-corrected chi connectivity index (χ0v) is 11.2. The molecule has 4 aliphatic carbocycles. The molecule has 3 heteroatoms.